The van der Waals surface area contributed by atoms with Crippen LogP contribution < -0.4 is 5.32 Å². The summed E-state index contributed by atoms with van der Waals surface area (Å²) in [6.07, 6.45) is 0.775. The van der Waals surface area contributed by atoms with Gasteiger partial charge in [-0.3, -0.25) is 5.10 Å². The maximum atomic E-state index is 4.51. The Morgan fingerprint density at radius 2 is 2.04 bits per heavy atom. The van der Waals surface area contributed by atoms with Crippen LogP contribution in [0.15, 0.2) is 36.4 Å². The highest BCUT2D eigenvalue weighted by atomic mass is 32.2. The molecular weight excluding hydrogens is 374 g/mol. The summed E-state index contributed by atoms with van der Waals surface area (Å²) in [5.41, 5.74) is 2.64. The highest BCUT2D eigenvalue weighted by Crippen LogP contribution is 2.26. The zero-order valence-electron chi connectivity index (χ0n) is 16.2. The molecule has 27 heavy (non-hydrogen) atoms. The molecule has 0 saturated carbocycles. The molecular formula is C20H27N5S2. The fourth-order valence-corrected chi connectivity index (χ4v) is 5.01. The van der Waals surface area contributed by atoms with E-state index < -0.39 is 0 Å². The van der Waals surface area contributed by atoms with Crippen molar-refractivity contribution in [2.45, 2.75) is 25.6 Å². The molecule has 3 rings (SSSR count). The fourth-order valence-electron chi connectivity index (χ4n) is 2.76. The van der Waals surface area contributed by atoms with Gasteiger partial charge in [-0.1, -0.05) is 30.3 Å². The molecule has 0 amide bonds. The van der Waals surface area contributed by atoms with Crippen molar-refractivity contribution in [3.05, 3.63) is 63.1 Å². The SMILES string of the molecule is Cc1cc(CSCCNc2n[nH]c(Cc3ccccc3)n2)sc1CN(C)C. The molecule has 0 aliphatic carbocycles. The molecule has 0 bridgehead atoms. The summed E-state index contributed by atoms with van der Waals surface area (Å²) in [5, 5.41) is 10.6. The van der Waals surface area contributed by atoms with E-state index in [-0.39, 0.29) is 0 Å². The standard InChI is InChI=1S/C20H27N5S2/c1-15-11-17(27-18(15)13-25(2)3)14-26-10-9-21-20-22-19(23-24-20)12-16-7-5-4-6-8-16/h4-8,11H,9-10,12-14H2,1-3H3,(H2,21,22,23,24). The summed E-state index contributed by atoms with van der Waals surface area (Å²) >= 11 is 3.88. The van der Waals surface area contributed by atoms with Crippen molar-refractivity contribution < 1.29 is 0 Å². The first-order valence-electron chi connectivity index (χ1n) is 9.10. The highest BCUT2D eigenvalue weighted by molar-refractivity contribution is 7.98. The van der Waals surface area contributed by atoms with Gasteiger partial charge in [0.15, 0.2) is 0 Å². The Kier molecular flexibility index (Phi) is 7.32. The van der Waals surface area contributed by atoms with E-state index in [0.717, 1.165) is 36.8 Å². The van der Waals surface area contributed by atoms with Gasteiger partial charge >= 0.3 is 0 Å². The third kappa shape index (κ3) is 6.37. The van der Waals surface area contributed by atoms with Crippen molar-refractivity contribution in [3.63, 3.8) is 0 Å². The Morgan fingerprint density at radius 1 is 1.22 bits per heavy atom. The van der Waals surface area contributed by atoms with E-state index >= 15 is 0 Å². The minimum absolute atomic E-state index is 0.682. The Hall–Kier alpha value is -1.83. The van der Waals surface area contributed by atoms with Gasteiger partial charge < -0.3 is 10.2 Å². The van der Waals surface area contributed by atoms with Crippen LogP contribution in [0.3, 0.4) is 0 Å². The first kappa shape index (κ1) is 19.9. The minimum atomic E-state index is 0.682. The lowest BCUT2D eigenvalue weighted by Crippen LogP contribution is -2.09. The number of thioether (sulfide) groups is 1. The summed E-state index contributed by atoms with van der Waals surface area (Å²) in [6.45, 7) is 4.10. The maximum Gasteiger partial charge on any atom is 0.242 e. The Bertz CT molecular complexity index is 826. The van der Waals surface area contributed by atoms with E-state index in [9.17, 15) is 0 Å². The monoisotopic (exact) mass is 401 g/mol. The van der Waals surface area contributed by atoms with Gasteiger partial charge in [0.2, 0.25) is 5.95 Å². The van der Waals surface area contributed by atoms with Gasteiger partial charge in [-0.05, 0) is 38.2 Å². The van der Waals surface area contributed by atoms with Crippen LogP contribution in [-0.2, 0) is 18.7 Å². The molecule has 2 N–H and O–H groups in total. The van der Waals surface area contributed by atoms with Crippen LogP contribution in [0.4, 0.5) is 5.95 Å². The second-order valence-corrected chi connectivity index (χ2v) is 9.13. The first-order valence-corrected chi connectivity index (χ1v) is 11.1. The number of aryl methyl sites for hydroxylation is 1. The fraction of sp³-hybridized carbons (Fsp3) is 0.400. The van der Waals surface area contributed by atoms with Crippen LogP contribution in [0.1, 0.15) is 26.7 Å². The Labute approximate surface area is 169 Å². The molecule has 0 saturated heterocycles. The lowest BCUT2D eigenvalue weighted by atomic mass is 10.1. The largest absolute Gasteiger partial charge is 0.352 e. The number of aromatic nitrogens is 3. The molecule has 0 aliphatic rings. The quantitative estimate of drug-likeness (QED) is 0.499. The molecule has 0 spiro atoms. The number of hydrogen-bond donors (Lipinski definition) is 2. The molecule has 5 nitrogen and oxygen atoms in total. The third-order valence-corrected chi connectivity index (χ3v) is 6.46. The zero-order chi connectivity index (χ0) is 19.1. The molecule has 0 unspecified atom stereocenters. The van der Waals surface area contributed by atoms with Crippen molar-refractivity contribution in [1.82, 2.24) is 20.1 Å². The second-order valence-electron chi connectivity index (χ2n) is 6.80. The zero-order valence-corrected chi connectivity index (χ0v) is 17.8. The molecule has 0 radical (unpaired) electrons. The van der Waals surface area contributed by atoms with Gasteiger partial charge in [0, 0.05) is 40.8 Å². The van der Waals surface area contributed by atoms with Crippen LogP contribution in [-0.4, -0.2) is 46.5 Å². The minimum Gasteiger partial charge on any atom is -0.352 e. The Balaban J connectivity index is 1.37. The van der Waals surface area contributed by atoms with E-state index in [2.05, 4.69) is 64.6 Å². The summed E-state index contributed by atoms with van der Waals surface area (Å²) in [5.74, 6) is 3.66. The number of nitrogens with one attached hydrogen (secondary N) is 2. The predicted octanol–water partition coefficient (Wildman–Crippen LogP) is 4.17. The third-order valence-electron chi connectivity index (χ3n) is 4.05. The van der Waals surface area contributed by atoms with Crippen LogP contribution >= 0.6 is 23.1 Å². The van der Waals surface area contributed by atoms with Crippen molar-refractivity contribution in [1.29, 1.82) is 0 Å². The average molecular weight is 402 g/mol. The number of H-pyrrole nitrogens is 1. The molecule has 0 atom stereocenters. The van der Waals surface area contributed by atoms with Crippen molar-refractivity contribution in [2.75, 3.05) is 31.7 Å². The topological polar surface area (TPSA) is 56.8 Å². The number of benzene rings is 1. The molecule has 0 aliphatic heterocycles. The molecule has 144 valence electrons. The molecule has 1 aromatic carbocycles. The van der Waals surface area contributed by atoms with Gasteiger partial charge in [-0.25, -0.2) is 0 Å². The number of hydrogen-bond acceptors (Lipinski definition) is 6. The molecule has 2 heterocycles. The number of thiophene rings is 1. The maximum absolute atomic E-state index is 4.51. The summed E-state index contributed by atoms with van der Waals surface area (Å²) < 4.78 is 0. The van der Waals surface area contributed by atoms with Crippen LogP contribution in [0, 0.1) is 6.92 Å². The van der Waals surface area contributed by atoms with Gasteiger partial charge in [0.05, 0.1) is 0 Å². The lowest BCUT2D eigenvalue weighted by molar-refractivity contribution is 0.405. The molecule has 7 heteroatoms. The van der Waals surface area contributed by atoms with Crippen LogP contribution in [0.5, 0.6) is 0 Å². The van der Waals surface area contributed by atoms with E-state index in [0.29, 0.717) is 5.95 Å². The number of aromatic amines is 1. The number of rotatable bonds is 10. The van der Waals surface area contributed by atoms with Gasteiger partial charge in [-0.15, -0.1) is 16.4 Å². The molecule has 3 aromatic rings. The summed E-state index contributed by atoms with van der Waals surface area (Å²) in [4.78, 5) is 9.67. The number of anilines is 1. The smallest absolute Gasteiger partial charge is 0.242 e. The summed E-state index contributed by atoms with van der Waals surface area (Å²) in [6, 6.07) is 12.6. The van der Waals surface area contributed by atoms with E-state index in [1.807, 2.05) is 41.3 Å². The summed E-state index contributed by atoms with van der Waals surface area (Å²) in [7, 11) is 4.24. The van der Waals surface area contributed by atoms with Crippen molar-refractivity contribution in [2.24, 2.45) is 0 Å². The highest BCUT2D eigenvalue weighted by Gasteiger charge is 2.07. The molecule has 0 fully saturated rings. The normalized spacial score (nSPS) is 11.3. The Morgan fingerprint density at radius 3 is 2.81 bits per heavy atom. The van der Waals surface area contributed by atoms with Crippen molar-refractivity contribution >= 4 is 29.0 Å². The average Bonchev–Trinajstić information content (AvgIpc) is 3.22. The number of nitrogens with zero attached hydrogens (tertiary/aromatic N) is 3. The van der Waals surface area contributed by atoms with E-state index in [4.69, 9.17) is 0 Å². The van der Waals surface area contributed by atoms with Crippen LogP contribution in [0.25, 0.3) is 0 Å². The van der Waals surface area contributed by atoms with Gasteiger partial charge in [0.25, 0.3) is 0 Å². The second kappa shape index (κ2) is 9.92. The van der Waals surface area contributed by atoms with Crippen molar-refractivity contribution in [3.8, 4) is 0 Å². The van der Waals surface area contributed by atoms with E-state index in [1.165, 1.54) is 20.9 Å². The van der Waals surface area contributed by atoms with Crippen LogP contribution in [0.2, 0.25) is 0 Å². The lowest BCUT2D eigenvalue weighted by Gasteiger charge is -2.07. The molecule has 2 aromatic heterocycles. The van der Waals surface area contributed by atoms with Gasteiger partial charge in [0.1, 0.15) is 5.82 Å². The predicted molar refractivity (Wildman–Crippen MR) is 117 cm³/mol. The van der Waals surface area contributed by atoms with E-state index in [1.54, 1.807) is 0 Å². The first-order chi connectivity index (χ1) is 13.1. The van der Waals surface area contributed by atoms with Gasteiger partial charge in [-0.2, -0.15) is 16.7 Å².